The van der Waals surface area contributed by atoms with Crippen molar-refractivity contribution in [1.82, 2.24) is 0 Å². The normalized spacial score (nSPS) is 13.6. The van der Waals surface area contributed by atoms with Crippen LogP contribution in [0.25, 0.3) is 5.57 Å². The van der Waals surface area contributed by atoms with Crippen LogP contribution in [0.3, 0.4) is 0 Å². The number of hydrogen-bond donors (Lipinski definition) is 1. The van der Waals surface area contributed by atoms with Crippen LogP contribution in [0.4, 0.5) is 11.4 Å². The van der Waals surface area contributed by atoms with Crippen LogP contribution in [0.2, 0.25) is 5.02 Å². The Kier molecular flexibility index (Phi) is 5.64. The van der Waals surface area contributed by atoms with Crippen LogP contribution >= 0.6 is 11.6 Å². The molecule has 1 N–H and O–H groups in total. The van der Waals surface area contributed by atoms with Gasteiger partial charge in [0.2, 0.25) is 0 Å². The summed E-state index contributed by atoms with van der Waals surface area (Å²) in [6.07, 6.45) is 0. The van der Waals surface area contributed by atoms with E-state index in [0.717, 1.165) is 4.90 Å². The molecular weight excluding hydrogens is 416 g/mol. The fourth-order valence-corrected chi connectivity index (χ4v) is 3.47. The van der Waals surface area contributed by atoms with Crippen LogP contribution in [0, 0.1) is 0 Å². The van der Waals surface area contributed by atoms with E-state index < -0.39 is 11.8 Å². The van der Waals surface area contributed by atoms with E-state index in [1.165, 1.54) is 0 Å². The zero-order chi connectivity index (χ0) is 22.0. The smallest absolute Gasteiger partial charge is 0.282 e. The maximum Gasteiger partial charge on any atom is 0.282 e. The molecule has 0 spiro atoms. The number of amides is 2. The number of imide groups is 1. The van der Waals surface area contributed by atoms with Gasteiger partial charge in [0.1, 0.15) is 17.2 Å². The highest BCUT2D eigenvalue weighted by Crippen LogP contribution is 2.35. The number of halogens is 1. The minimum Gasteiger partial charge on any atom is -0.497 e. The van der Waals surface area contributed by atoms with Gasteiger partial charge >= 0.3 is 0 Å². The van der Waals surface area contributed by atoms with E-state index in [1.54, 1.807) is 87.0 Å². The van der Waals surface area contributed by atoms with Crippen molar-refractivity contribution in [3.05, 3.63) is 89.1 Å². The molecule has 0 aliphatic carbocycles. The van der Waals surface area contributed by atoms with Crippen LogP contribution in [0.1, 0.15) is 5.56 Å². The lowest BCUT2D eigenvalue weighted by Crippen LogP contribution is -2.32. The Hall–Kier alpha value is -3.77. The number of hydrogen-bond acceptors (Lipinski definition) is 5. The average Bonchev–Trinajstić information content (AvgIpc) is 3.04. The third kappa shape index (κ3) is 3.98. The summed E-state index contributed by atoms with van der Waals surface area (Å²) in [4.78, 5) is 27.9. The van der Waals surface area contributed by atoms with E-state index in [1.807, 2.05) is 0 Å². The second kappa shape index (κ2) is 8.53. The lowest BCUT2D eigenvalue weighted by molar-refractivity contribution is -0.120. The summed E-state index contributed by atoms with van der Waals surface area (Å²) < 4.78 is 10.4. The molecule has 3 aromatic carbocycles. The van der Waals surface area contributed by atoms with Gasteiger partial charge in [0, 0.05) is 16.8 Å². The molecule has 3 aromatic rings. The highest BCUT2D eigenvalue weighted by molar-refractivity contribution is 6.46. The maximum absolute atomic E-state index is 13.4. The second-order valence-corrected chi connectivity index (χ2v) is 7.19. The molecule has 6 nitrogen and oxygen atoms in total. The summed E-state index contributed by atoms with van der Waals surface area (Å²) >= 11 is 6.02. The molecule has 0 fully saturated rings. The number of nitrogens with one attached hydrogen (secondary N) is 1. The fraction of sp³-hybridized carbons (Fsp3) is 0.0833. The minimum atomic E-state index is -0.456. The van der Waals surface area contributed by atoms with Gasteiger partial charge in [-0.3, -0.25) is 9.59 Å². The van der Waals surface area contributed by atoms with E-state index in [9.17, 15) is 9.59 Å². The van der Waals surface area contributed by atoms with E-state index in [4.69, 9.17) is 21.1 Å². The van der Waals surface area contributed by atoms with Crippen LogP contribution in [-0.2, 0) is 9.59 Å². The van der Waals surface area contributed by atoms with E-state index in [-0.39, 0.29) is 11.3 Å². The second-order valence-electron chi connectivity index (χ2n) is 6.76. The van der Waals surface area contributed by atoms with Gasteiger partial charge in [-0.05, 0) is 54.1 Å². The Morgan fingerprint density at radius 3 is 2.13 bits per heavy atom. The third-order valence-electron chi connectivity index (χ3n) is 4.89. The van der Waals surface area contributed by atoms with Crippen molar-refractivity contribution in [3.63, 3.8) is 0 Å². The van der Waals surface area contributed by atoms with Gasteiger partial charge in [0.05, 0.1) is 25.5 Å². The molecule has 0 saturated heterocycles. The Labute approximate surface area is 184 Å². The highest BCUT2D eigenvalue weighted by atomic mass is 35.5. The third-order valence-corrected chi connectivity index (χ3v) is 5.14. The average molecular weight is 435 g/mol. The lowest BCUT2D eigenvalue weighted by atomic mass is 10.0. The number of carbonyl (C=O) groups is 2. The Balaban J connectivity index is 1.79. The highest BCUT2D eigenvalue weighted by Gasteiger charge is 2.40. The molecule has 2 amide bonds. The number of rotatable bonds is 6. The monoisotopic (exact) mass is 434 g/mol. The molecule has 31 heavy (non-hydrogen) atoms. The van der Waals surface area contributed by atoms with Crippen molar-refractivity contribution < 1.29 is 19.1 Å². The summed E-state index contributed by atoms with van der Waals surface area (Å²) in [5.41, 5.74) is 2.10. The quantitative estimate of drug-likeness (QED) is 0.567. The molecule has 1 aliphatic rings. The van der Waals surface area contributed by atoms with Crippen molar-refractivity contribution in [1.29, 1.82) is 0 Å². The molecule has 0 radical (unpaired) electrons. The van der Waals surface area contributed by atoms with Gasteiger partial charge in [-0.1, -0.05) is 29.8 Å². The summed E-state index contributed by atoms with van der Waals surface area (Å²) in [7, 11) is 3.12. The number of anilines is 2. The van der Waals surface area contributed by atoms with Crippen molar-refractivity contribution in [2.24, 2.45) is 0 Å². The van der Waals surface area contributed by atoms with Crippen LogP contribution in [-0.4, -0.2) is 26.0 Å². The zero-order valence-electron chi connectivity index (χ0n) is 16.9. The number of ether oxygens (including phenoxy) is 2. The predicted molar refractivity (Wildman–Crippen MR) is 120 cm³/mol. The molecule has 1 aliphatic heterocycles. The molecule has 156 valence electrons. The number of methoxy groups -OCH3 is 2. The van der Waals surface area contributed by atoms with Gasteiger partial charge in [0.15, 0.2) is 0 Å². The van der Waals surface area contributed by atoms with E-state index in [0.29, 0.717) is 33.5 Å². The first-order valence-corrected chi connectivity index (χ1v) is 9.83. The first-order chi connectivity index (χ1) is 15.0. The Morgan fingerprint density at radius 1 is 0.806 bits per heavy atom. The molecule has 0 saturated carbocycles. The summed E-state index contributed by atoms with van der Waals surface area (Å²) in [6, 6.07) is 20.7. The SMILES string of the molecule is COc1ccc(N2C(=O)C(Nc3cccc(OC)c3)=C(c3ccc(Cl)cc3)C2=O)cc1. The molecule has 0 unspecified atom stereocenters. The largest absolute Gasteiger partial charge is 0.497 e. The summed E-state index contributed by atoms with van der Waals surface area (Å²) in [5.74, 6) is 0.372. The topological polar surface area (TPSA) is 67.9 Å². The molecule has 0 aromatic heterocycles. The van der Waals surface area contributed by atoms with Crippen molar-refractivity contribution in [2.75, 3.05) is 24.4 Å². The fourth-order valence-electron chi connectivity index (χ4n) is 3.34. The van der Waals surface area contributed by atoms with Gasteiger partial charge in [-0.15, -0.1) is 0 Å². The van der Waals surface area contributed by atoms with Crippen LogP contribution < -0.4 is 19.7 Å². The first-order valence-electron chi connectivity index (χ1n) is 9.46. The molecule has 0 atom stereocenters. The van der Waals surface area contributed by atoms with Gasteiger partial charge in [0.25, 0.3) is 11.8 Å². The Morgan fingerprint density at radius 2 is 1.48 bits per heavy atom. The number of carbonyl (C=O) groups excluding carboxylic acids is 2. The van der Waals surface area contributed by atoms with Crippen molar-refractivity contribution in [3.8, 4) is 11.5 Å². The predicted octanol–water partition coefficient (Wildman–Crippen LogP) is 4.75. The lowest BCUT2D eigenvalue weighted by Gasteiger charge is -2.16. The maximum atomic E-state index is 13.4. The van der Waals surface area contributed by atoms with E-state index >= 15 is 0 Å². The van der Waals surface area contributed by atoms with Gasteiger partial charge < -0.3 is 14.8 Å². The number of nitrogens with zero attached hydrogens (tertiary/aromatic N) is 1. The molecule has 7 heteroatoms. The van der Waals surface area contributed by atoms with Gasteiger partial charge in [-0.2, -0.15) is 0 Å². The summed E-state index contributed by atoms with van der Waals surface area (Å²) in [5, 5.41) is 3.65. The summed E-state index contributed by atoms with van der Waals surface area (Å²) in [6.45, 7) is 0. The molecular formula is C24H19ClN2O4. The van der Waals surface area contributed by atoms with E-state index in [2.05, 4.69) is 5.32 Å². The standard InChI is InChI=1S/C24H19ClN2O4/c1-30-19-12-10-18(11-13-19)27-23(28)21(15-6-8-16(25)9-7-15)22(24(27)29)26-17-4-3-5-20(14-17)31-2/h3-14,26H,1-2H3. The van der Waals surface area contributed by atoms with Crippen molar-refractivity contribution in [2.45, 2.75) is 0 Å². The van der Waals surface area contributed by atoms with Crippen LogP contribution in [0.15, 0.2) is 78.5 Å². The zero-order valence-corrected chi connectivity index (χ0v) is 17.6. The Bertz CT molecular complexity index is 1170. The molecule has 0 bridgehead atoms. The molecule has 4 rings (SSSR count). The first kappa shape index (κ1) is 20.5. The van der Waals surface area contributed by atoms with Crippen LogP contribution in [0.5, 0.6) is 11.5 Å². The minimum absolute atomic E-state index is 0.177. The van der Waals surface area contributed by atoms with Crippen molar-refractivity contribution >= 4 is 40.4 Å². The molecule has 1 heterocycles. The number of benzene rings is 3. The van der Waals surface area contributed by atoms with Gasteiger partial charge in [-0.25, -0.2) is 4.90 Å².